The van der Waals surface area contributed by atoms with E-state index in [1.165, 1.54) is 11.3 Å². The van der Waals surface area contributed by atoms with Crippen molar-refractivity contribution in [3.63, 3.8) is 0 Å². The Morgan fingerprint density at radius 3 is 2.79 bits per heavy atom. The number of aromatic nitrogens is 1. The Morgan fingerprint density at radius 1 is 1.25 bits per heavy atom. The maximum absolute atomic E-state index is 12.1. The zero-order valence-electron chi connectivity index (χ0n) is 13.2. The number of carbonyl (C=O) groups is 1. The fraction of sp³-hybridized carbons (Fsp3) is 0.222. The minimum atomic E-state index is -0.189. The number of aryl methyl sites for hydroxylation is 1. The van der Waals surface area contributed by atoms with Crippen LogP contribution in [0.3, 0.4) is 0 Å². The molecule has 0 bridgehead atoms. The van der Waals surface area contributed by atoms with Gasteiger partial charge in [-0.2, -0.15) is 4.99 Å². The molecule has 0 aliphatic rings. The van der Waals surface area contributed by atoms with E-state index >= 15 is 0 Å². The number of fused-ring (bicyclic) bond motifs is 1. The number of hydrogen-bond acceptors (Lipinski definition) is 3. The van der Waals surface area contributed by atoms with Gasteiger partial charge in [0.2, 0.25) is 0 Å². The molecule has 1 amide bonds. The minimum absolute atomic E-state index is 0.189. The summed E-state index contributed by atoms with van der Waals surface area (Å²) in [6, 6.07) is 15.1. The number of amides is 1. The zero-order chi connectivity index (χ0) is 16.9. The first-order valence-corrected chi connectivity index (χ1v) is 8.91. The van der Waals surface area contributed by atoms with Gasteiger partial charge in [0.15, 0.2) is 4.80 Å². The third kappa shape index (κ3) is 3.86. The summed E-state index contributed by atoms with van der Waals surface area (Å²) in [5.41, 5.74) is 1.04. The Bertz CT molecular complexity index is 916. The number of rotatable bonds is 5. The van der Waals surface area contributed by atoms with Gasteiger partial charge in [0.05, 0.1) is 23.2 Å². The number of ether oxygens (including phenoxy) is 1. The number of nitrogens with zero attached hydrogens (tertiary/aromatic N) is 2. The number of thiazole rings is 1. The number of benzene rings is 2. The zero-order valence-corrected chi connectivity index (χ0v) is 14.8. The molecule has 0 radical (unpaired) electrons. The van der Waals surface area contributed by atoms with E-state index in [4.69, 9.17) is 16.3 Å². The van der Waals surface area contributed by atoms with Crippen molar-refractivity contribution in [2.45, 2.75) is 19.9 Å². The van der Waals surface area contributed by atoms with Gasteiger partial charge in [-0.1, -0.05) is 41.1 Å². The van der Waals surface area contributed by atoms with Crippen molar-refractivity contribution in [2.24, 2.45) is 4.99 Å². The first-order valence-electron chi connectivity index (χ1n) is 7.71. The normalized spacial score (nSPS) is 11.8. The Labute approximate surface area is 149 Å². The molecule has 4 nitrogen and oxygen atoms in total. The number of para-hydroxylation sites is 1. The molecule has 0 aliphatic carbocycles. The smallest absolute Gasteiger partial charge is 0.251 e. The first-order chi connectivity index (χ1) is 11.7. The SMILES string of the molecule is CCn1c(=NC(=O)CCOc2ccccc2)sc2cc(Cl)ccc21. The summed E-state index contributed by atoms with van der Waals surface area (Å²) in [5, 5.41) is 0.682. The van der Waals surface area contributed by atoms with Gasteiger partial charge in [-0.25, -0.2) is 0 Å². The van der Waals surface area contributed by atoms with E-state index in [0.717, 1.165) is 22.5 Å². The molecule has 124 valence electrons. The van der Waals surface area contributed by atoms with Gasteiger partial charge in [0.1, 0.15) is 5.75 Å². The Morgan fingerprint density at radius 2 is 2.04 bits per heavy atom. The molecule has 6 heteroatoms. The quantitative estimate of drug-likeness (QED) is 0.681. The van der Waals surface area contributed by atoms with Crippen molar-refractivity contribution in [1.29, 1.82) is 0 Å². The molecule has 1 heterocycles. The molecule has 0 saturated heterocycles. The van der Waals surface area contributed by atoms with Crippen LogP contribution in [0, 0.1) is 0 Å². The molecule has 0 atom stereocenters. The molecule has 0 spiro atoms. The summed E-state index contributed by atoms with van der Waals surface area (Å²) < 4.78 is 8.59. The summed E-state index contributed by atoms with van der Waals surface area (Å²) in [4.78, 5) is 17.1. The van der Waals surface area contributed by atoms with Gasteiger partial charge in [-0.05, 0) is 37.3 Å². The van der Waals surface area contributed by atoms with Gasteiger partial charge in [0.25, 0.3) is 5.91 Å². The Hall–Kier alpha value is -2.11. The predicted octanol–water partition coefficient (Wildman–Crippen LogP) is 4.27. The van der Waals surface area contributed by atoms with Gasteiger partial charge in [-0.3, -0.25) is 4.79 Å². The molecule has 1 aromatic heterocycles. The van der Waals surface area contributed by atoms with E-state index in [1.54, 1.807) is 0 Å². The van der Waals surface area contributed by atoms with Crippen LogP contribution in [0.2, 0.25) is 5.02 Å². The molecule has 3 aromatic rings. The van der Waals surface area contributed by atoms with Crippen LogP contribution in [-0.4, -0.2) is 17.1 Å². The van der Waals surface area contributed by atoms with Crippen molar-refractivity contribution >= 4 is 39.1 Å². The molecule has 0 fully saturated rings. The molecule has 0 aliphatic heterocycles. The lowest BCUT2D eigenvalue weighted by molar-refractivity contribution is -0.118. The van der Waals surface area contributed by atoms with E-state index in [-0.39, 0.29) is 12.3 Å². The molecule has 0 N–H and O–H groups in total. The van der Waals surface area contributed by atoms with Gasteiger partial charge >= 0.3 is 0 Å². The lowest BCUT2D eigenvalue weighted by atomic mass is 10.3. The third-order valence-corrected chi connectivity index (χ3v) is 4.79. The summed E-state index contributed by atoms with van der Waals surface area (Å²) >= 11 is 7.51. The molecule has 0 saturated carbocycles. The summed E-state index contributed by atoms with van der Waals surface area (Å²) in [5.74, 6) is 0.566. The van der Waals surface area contributed by atoms with E-state index in [9.17, 15) is 4.79 Å². The highest BCUT2D eigenvalue weighted by Gasteiger charge is 2.07. The minimum Gasteiger partial charge on any atom is -0.493 e. The molecular weight excluding hydrogens is 344 g/mol. The standard InChI is InChI=1S/C18H17ClN2O2S/c1-2-21-15-9-8-13(19)12-16(15)24-18(21)20-17(22)10-11-23-14-6-4-3-5-7-14/h3-9,12H,2,10-11H2,1H3. The topological polar surface area (TPSA) is 43.6 Å². The highest BCUT2D eigenvalue weighted by atomic mass is 35.5. The van der Waals surface area contributed by atoms with Crippen LogP contribution in [0.5, 0.6) is 5.75 Å². The summed E-state index contributed by atoms with van der Waals surface area (Å²) in [6.45, 7) is 3.09. The highest BCUT2D eigenvalue weighted by molar-refractivity contribution is 7.16. The predicted molar refractivity (Wildman–Crippen MR) is 97.6 cm³/mol. The average molecular weight is 361 g/mol. The van der Waals surface area contributed by atoms with Crippen LogP contribution in [0.15, 0.2) is 53.5 Å². The lowest BCUT2D eigenvalue weighted by Gasteiger charge is -2.03. The molecule has 2 aromatic carbocycles. The van der Waals surface area contributed by atoms with Crippen LogP contribution in [0.4, 0.5) is 0 Å². The summed E-state index contributed by atoms with van der Waals surface area (Å²) in [6.07, 6.45) is 0.244. The fourth-order valence-corrected chi connectivity index (χ4v) is 3.76. The second-order valence-electron chi connectivity index (χ2n) is 5.16. The maximum Gasteiger partial charge on any atom is 0.251 e. The van der Waals surface area contributed by atoms with E-state index in [1.807, 2.05) is 60.0 Å². The molecular formula is C18H17ClN2O2S. The van der Waals surface area contributed by atoms with E-state index in [0.29, 0.717) is 16.4 Å². The Kier molecular flexibility index (Phi) is 5.33. The Balaban J connectivity index is 1.75. The van der Waals surface area contributed by atoms with Crippen LogP contribution >= 0.6 is 22.9 Å². The third-order valence-electron chi connectivity index (χ3n) is 3.51. The van der Waals surface area contributed by atoms with Gasteiger partial charge in [0, 0.05) is 11.6 Å². The van der Waals surface area contributed by atoms with E-state index < -0.39 is 0 Å². The van der Waals surface area contributed by atoms with Crippen molar-refractivity contribution in [3.8, 4) is 5.75 Å². The van der Waals surface area contributed by atoms with Crippen LogP contribution in [0.25, 0.3) is 10.2 Å². The van der Waals surface area contributed by atoms with Crippen LogP contribution in [-0.2, 0) is 11.3 Å². The van der Waals surface area contributed by atoms with E-state index in [2.05, 4.69) is 4.99 Å². The highest BCUT2D eigenvalue weighted by Crippen LogP contribution is 2.21. The lowest BCUT2D eigenvalue weighted by Crippen LogP contribution is -2.16. The fourth-order valence-electron chi connectivity index (χ4n) is 2.37. The number of hydrogen-bond donors (Lipinski definition) is 0. The van der Waals surface area contributed by atoms with Gasteiger partial charge < -0.3 is 9.30 Å². The summed E-state index contributed by atoms with van der Waals surface area (Å²) in [7, 11) is 0. The van der Waals surface area contributed by atoms with Crippen molar-refractivity contribution in [2.75, 3.05) is 6.61 Å². The van der Waals surface area contributed by atoms with Crippen LogP contribution in [0.1, 0.15) is 13.3 Å². The maximum atomic E-state index is 12.1. The largest absolute Gasteiger partial charge is 0.493 e. The second-order valence-corrected chi connectivity index (χ2v) is 6.60. The van der Waals surface area contributed by atoms with Gasteiger partial charge in [-0.15, -0.1) is 0 Å². The second kappa shape index (κ2) is 7.64. The monoisotopic (exact) mass is 360 g/mol. The van der Waals surface area contributed by atoms with Crippen molar-refractivity contribution in [1.82, 2.24) is 4.57 Å². The molecule has 3 rings (SSSR count). The van der Waals surface area contributed by atoms with Crippen LogP contribution < -0.4 is 9.54 Å². The first kappa shape index (κ1) is 16.7. The number of halogens is 1. The number of carbonyl (C=O) groups excluding carboxylic acids is 1. The molecule has 0 unspecified atom stereocenters. The van der Waals surface area contributed by atoms with Crippen molar-refractivity contribution < 1.29 is 9.53 Å². The molecule has 24 heavy (non-hydrogen) atoms. The van der Waals surface area contributed by atoms with Crippen molar-refractivity contribution in [3.05, 3.63) is 58.4 Å². The average Bonchev–Trinajstić information content (AvgIpc) is 2.91.